The van der Waals surface area contributed by atoms with Gasteiger partial charge in [0.15, 0.2) is 0 Å². The molecule has 0 fully saturated rings. The van der Waals surface area contributed by atoms with Crippen molar-refractivity contribution in [1.82, 2.24) is 10.6 Å². The van der Waals surface area contributed by atoms with Crippen molar-refractivity contribution in [2.24, 2.45) is 17.6 Å². The fourth-order valence-electron chi connectivity index (χ4n) is 3.06. The summed E-state index contributed by atoms with van der Waals surface area (Å²) in [6, 6.07) is 7.05. The molecule has 0 saturated heterocycles. The van der Waals surface area contributed by atoms with Crippen LogP contribution in [0.1, 0.15) is 46.1 Å². The van der Waals surface area contributed by atoms with Crippen LogP contribution in [-0.4, -0.2) is 35.7 Å². The fraction of sp³-hybridized carbons (Fsp3) is 0.571. The van der Waals surface area contributed by atoms with Crippen LogP contribution in [0.3, 0.4) is 0 Å². The third-order valence-corrected chi connectivity index (χ3v) is 4.47. The maximum absolute atomic E-state index is 14.2. The normalized spacial score (nSPS) is 14.6. The Labute approximate surface area is 179 Å². The quantitative estimate of drug-likeness (QED) is 0.513. The zero-order chi connectivity index (χ0) is 23.8. The molecule has 1 rings (SSSR count). The molecule has 4 N–H and O–H groups in total. The van der Waals surface area contributed by atoms with Crippen LogP contribution in [-0.2, 0) is 20.9 Å². The Bertz CT molecular complexity index is 754. The number of primary amides is 1. The Morgan fingerprint density at radius 3 is 2.06 bits per heavy atom. The first-order valence-electron chi connectivity index (χ1n) is 9.94. The van der Waals surface area contributed by atoms with E-state index in [1.165, 1.54) is 13.8 Å². The van der Waals surface area contributed by atoms with Crippen molar-refractivity contribution in [2.75, 3.05) is 0 Å². The summed E-state index contributed by atoms with van der Waals surface area (Å²) in [5.74, 6) is -3.27. The van der Waals surface area contributed by atoms with E-state index in [1.807, 2.05) is 0 Å². The number of halogens is 3. The topological polar surface area (TPSA) is 111 Å². The number of amides is 3. The monoisotopic (exact) mass is 445 g/mol. The zero-order valence-electron chi connectivity index (χ0n) is 18.1. The van der Waals surface area contributed by atoms with E-state index in [0.29, 0.717) is 5.56 Å². The van der Waals surface area contributed by atoms with Gasteiger partial charge in [-0.3, -0.25) is 14.9 Å². The highest BCUT2D eigenvalue weighted by Gasteiger charge is 2.62. The van der Waals surface area contributed by atoms with E-state index in [4.69, 9.17) is 10.5 Å². The van der Waals surface area contributed by atoms with Gasteiger partial charge in [-0.15, -0.1) is 0 Å². The number of benzene rings is 1. The van der Waals surface area contributed by atoms with Gasteiger partial charge < -0.3 is 15.8 Å². The first kappa shape index (κ1) is 26.3. The number of nitrogens with two attached hydrogens (primary N) is 1. The molecule has 0 aliphatic heterocycles. The van der Waals surface area contributed by atoms with Crippen molar-refractivity contribution in [3.63, 3.8) is 0 Å². The smallest absolute Gasteiger partial charge is 0.420 e. The lowest BCUT2D eigenvalue weighted by atomic mass is 9.86. The minimum Gasteiger partial charge on any atom is -0.445 e. The summed E-state index contributed by atoms with van der Waals surface area (Å²) in [6.07, 6.45) is -7.27. The number of alkyl carbamates (subject to hydrolysis) is 1. The van der Waals surface area contributed by atoms with Crippen molar-refractivity contribution in [3.05, 3.63) is 35.9 Å². The minimum atomic E-state index is -5.16. The van der Waals surface area contributed by atoms with Crippen molar-refractivity contribution < 1.29 is 32.3 Å². The Morgan fingerprint density at radius 1 is 1.03 bits per heavy atom. The lowest BCUT2D eigenvalue weighted by Crippen LogP contribution is -2.69. The molecule has 10 heteroatoms. The summed E-state index contributed by atoms with van der Waals surface area (Å²) >= 11 is 0. The molecule has 174 valence electrons. The molecular formula is C21H30F3N3O4. The summed E-state index contributed by atoms with van der Waals surface area (Å²) in [5, 5.41) is 3.80. The second-order valence-electron chi connectivity index (χ2n) is 8.25. The van der Waals surface area contributed by atoms with Gasteiger partial charge in [0.05, 0.1) is 0 Å². The van der Waals surface area contributed by atoms with Gasteiger partial charge in [-0.05, 0) is 30.2 Å². The number of carbonyl (C=O) groups is 3. The highest BCUT2D eigenvalue weighted by molar-refractivity contribution is 5.94. The maximum atomic E-state index is 14.2. The molecule has 0 aliphatic rings. The van der Waals surface area contributed by atoms with Crippen molar-refractivity contribution >= 4 is 17.9 Å². The van der Waals surface area contributed by atoms with E-state index < -0.39 is 48.0 Å². The Hall–Kier alpha value is -2.78. The van der Waals surface area contributed by atoms with Crippen LogP contribution in [0.4, 0.5) is 18.0 Å². The van der Waals surface area contributed by atoms with Gasteiger partial charge >= 0.3 is 12.3 Å². The van der Waals surface area contributed by atoms with Gasteiger partial charge in [-0.25, -0.2) is 4.79 Å². The molecule has 1 aromatic rings. The Balaban J connectivity index is 3.16. The summed E-state index contributed by atoms with van der Waals surface area (Å²) in [6.45, 7) is 6.13. The molecular weight excluding hydrogens is 415 g/mol. The Morgan fingerprint density at radius 2 is 1.61 bits per heavy atom. The molecule has 0 bridgehead atoms. The van der Waals surface area contributed by atoms with Crippen LogP contribution in [0.2, 0.25) is 0 Å². The van der Waals surface area contributed by atoms with Crippen LogP contribution < -0.4 is 16.4 Å². The largest absolute Gasteiger partial charge is 0.445 e. The Kier molecular flexibility index (Phi) is 9.33. The number of rotatable bonds is 10. The zero-order valence-corrected chi connectivity index (χ0v) is 18.1. The van der Waals surface area contributed by atoms with Gasteiger partial charge in [0.1, 0.15) is 12.6 Å². The summed E-state index contributed by atoms with van der Waals surface area (Å²) < 4.78 is 47.4. The number of alkyl halides is 3. The second-order valence-corrected chi connectivity index (χ2v) is 8.25. The van der Waals surface area contributed by atoms with E-state index in [1.54, 1.807) is 49.5 Å². The van der Waals surface area contributed by atoms with E-state index in [0.717, 1.165) is 0 Å². The summed E-state index contributed by atoms with van der Waals surface area (Å²) in [7, 11) is 0. The van der Waals surface area contributed by atoms with Crippen LogP contribution in [0.5, 0.6) is 0 Å². The molecule has 0 radical (unpaired) electrons. The average molecular weight is 445 g/mol. The number of hydrogen-bond acceptors (Lipinski definition) is 4. The molecule has 0 spiro atoms. The SMILES string of the molecule is CC(C)C[C@H](NC(=O)C(CC(C)C)(NC(=O)OCc1ccccc1)C(F)(F)F)C(N)=O. The van der Waals surface area contributed by atoms with Crippen LogP contribution in [0, 0.1) is 11.8 Å². The third kappa shape index (κ3) is 7.76. The van der Waals surface area contributed by atoms with E-state index in [9.17, 15) is 27.6 Å². The summed E-state index contributed by atoms with van der Waals surface area (Å²) in [4.78, 5) is 36.8. The fourth-order valence-corrected chi connectivity index (χ4v) is 3.06. The average Bonchev–Trinajstić information content (AvgIpc) is 2.64. The molecule has 0 aliphatic carbocycles. The first-order valence-corrected chi connectivity index (χ1v) is 9.94. The van der Waals surface area contributed by atoms with Gasteiger partial charge in [0, 0.05) is 0 Å². The predicted octanol–water partition coefficient (Wildman–Crippen LogP) is 3.28. The molecule has 3 amide bonds. The predicted molar refractivity (Wildman–Crippen MR) is 109 cm³/mol. The van der Waals surface area contributed by atoms with Gasteiger partial charge in [-0.1, -0.05) is 58.0 Å². The molecule has 7 nitrogen and oxygen atoms in total. The van der Waals surface area contributed by atoms with E-state index in [2.05, 4.69) is 5.32 Å². The van der Waals surface area contributed by atoms with E-state index in [-0.39, 0.29) is 18.9 Å². The number of hydrogen-bond donors (Lipinski definition) is 3. The number of carbonyl (C=O) groups excluding carboxylic acids is 3. The van der Waals surface area contributed by atoms with Crippen molar-refractivity contribution in [1.29, 1.82) is 0 Å². The maximum Gasteiger partial charge on any atom is 0.420 e. The van der Waals surface area contributed by atoms with E-state index >= 15 is 0 Å². The van der Waals surface area contributed by atoms with Gasteiger partial charge in [0.25, 0.3) is 5.91 Å². The number of ether oxygens (including phenoxy) is 1. The summed E-state index contributed by atoms with van der Waals surface area (Å²) in [5.41, 5.74) is 2.53. The van der Waals surface area contributed by atoms with Gasteiger partial charge in [-0.2, -0.15) is 13.2 Å². The molecule has 1 aromatic carbocycles. The lowest BCUT2D eigenvalue weighted by molar-refractivity contribution is -0.202. The highest BCUT2D eigenvalue weighted by Crippen LogP contribution is 2.36. The standard InChI is InChI=1S/C21H30F3N3O4/c1-13(2)10-16(17(25)28)26-18(29)20(11-14(3)4,21(22,23)24)27-19(30)31-12-15-8-6-5-7-9-15/h5-9,13-14,16H,10-12H2,1-4H3,(H2,25,28)(H,26,29)(H,27,30)/t16-,20?/m0/s1. The highest BCUT2D eigenvalue weighted by atomic mass is 19.4. The molecule has 31 heavy (non-hydrogen) atoms. The van der Waals surface area contributed by atoms with Crippen LogP contribution >= 0.6 is 0 Å². The third-order valence-electron chi connectivity index (χ3n) is 4.47. The minimum absolute atomic E-state index is 0.0507. The second kappa shape index (κ2) is 11.0. The van der Waals surface area contributed by atoms with Crippen molar-refractivity contribution in [2.45, 2.75) is 64.9 Å². The van der Waals surface area contributed by atoms with Gasteiger partial charge in [0.2, 0.25) is 11.4 Å². The lowest BCUT2D eigenvalue weighted by Gasteiger charge is -2.37. The molecule has 2 atom stereocenters. The van der Waals surface area contributed by atoms with Crippen molar-refractivity contribution in [3.8, 4) is 0 Å². The molecule has 1 unspecified atom stereocenters. The molecule has 0 saturated carbocycles. The van der Waals surface area contributed by atoms with Crippen LogP contribution in [0.15, 0.2) is 30.3 Å². The van der Waals surface area contributed by atoms with Crippen LogP contribution in [0.25, 0.3) is 0 Å². The molecule has 0 aromatic heterocycles. The molecule has 0 heterocycles. The number of nitrogens with one attached hydrogen (secondary N) is 2. The first-order chi connectivity index (χ1) is 14.3.